The van der Waals surface area contributed by atoms with Crippen LogP contribution in [0.1, 0.15) is 44.2 Å². The van der Waals surface area contributed by atoms with Gasteiger partial charge < -0.3 is 4.90 Å². The summed E-state index contributed by atoms with van der Waals surface area (Å²) in [5.41, 5.74) is 1.81. The Balaban J connectivity index is 1.49. The fourth-order valence-corrected chi connectivity index (χ4v) is 4.77. The van der Waals surface area contributed by atoms with Gasteiger partial charge >= 0.3 is 0 Å². The molecule has 2 saturated carbocycles. The van der Waals surface area contributed by atoms with Crippen molar-refractivity contribution in [3.05, 3.63) is 40.4 Å². The smallest absolute Gasteiger partial charge is 0.229 e. The number of carbonyl (C=O) groups excluding carboxylic acids is 1. The molecule has 1 amide bonds. The van der Waals surface area contributed by atoms with Gasteiger partial charge in [-0.2, -0.15) is 0 Å². The van der Waals surface area contributed by atoms with Crippen molar-refractivity contribution in [3.63, 3.8) is 0 Å². The highest BCUT2D eigenvalue weighted by atomic mass is 35.5. The molecule has 0 unspecified atom stereocenters. The predicted octanol–water partition coefficient (Wildman–Crippen LogP) is 4.94. The number of aromatic nitrogens is 1. The van der Waals surface area contributed by atoms with Gasteiger partial charge in [-0.15, -0.1) is 11.3 Å². The maximum atomic E-state index is 12.9. The number of rotatable bonds is 5. The van der Waals surface area contributed by atoms with Crippen molar-refractivity contribution >= 4 is 28.8 Å². The minimum atomic E-state index is 0.250. The summed E-state index contributed by atoms with van der Waals surface area (Å²) >= 11 is 7.81. The lowest BCUT2D eigenvalue weighted by atomic mass is 10.1. The fourth-order valence-electron chi connectivity index (χ4n) is 3.63. The van der Waals surface area contributed by atoms with Crippen LogP contribution in [0.3, 0.4) is 0 Å². The molecular formula is C19H21ClN2OS. The minimum absolute atomic E-state index is 0.250. The molecule has 5 heteroatoms. The van der Waals surface area contributed by atoms with E-state index in [1.165, 1.54) is 38.5 Å². The average Bonchev–Trinajstić information content (AvgIpc) is 3.06. The number of hydrogen-bond acceptors (Lipinski definition) is 3. The molecule has 2 aromatic rings. The van der Waals surface area contributed by atoms with E-state index in [1.54, 1.807) is 11.3 Å². The molecule has 1 aromatic heterocycles. The van der Waals surface area contributed by atoms with Crippen LogP contribution < -0.4 is 0 Å². The van der Waals surface area contributed by atoms with Gasteiger partial charge in [0.15, 0.2) is 0 Å². The summed E-state index contributed by atoms with van der Waals surface area (Å²) in [5, 5.41) is 3.59. The van der Waals surface area contributed by atoms with Gasteiger partial charge in [0.25, 0.3) is 0 Å². The van der Waals surface area contributed by atoms with E-state index < -0.39 is 0 Å². The van der Waals surface area contributed by atoms with Crippen molar-refractivity contribution in [2.24, 2.45) is 0 Å². The number of nitrogens with zero attached hydrogens (tertiary/aromatic N) is 2. The Morgan fingerprint density at radius 1 is 1.17 bits per heavy atom. The van der Waals surface area contributed by atoms with Crippen LogP contribution in [0.2, 0.25) is 5.02 Å². The number of carbonyl (C=O) groups is 1. The van der Waals surface area contributed by atoms with Gasteiger partial charge in [0, 0.05) is 23.0 Å². The van der Waals surface area contributed by atoms with E-state index in [1.807, 2.05) is 29.6 Å². The van der Waals surface area contributed by atoms with Crippen LogP contribution in [0.25, 0.3) is 10.6 Å². The average molecular weight is 361 g/mol. The second-order valence-corrected chi connectivity index (χ2v) is 8.04. The van der Waals surface area contributed by atoms with Crippen molar-refractivity contribution in [2.45, 2.75) is 57.0 Å². The fraction of sp³-hybridized carbons (Fsp3) is 0.474. The van der Waals surface area contributed by atoms with Gasteiger partial charge in [-0.1, -0.05) is 42.6 Å². The molecule has 0 aliphatic heterocycles. The van der Waals surface area contributed by atoms with Crippen molar-refractivity contribution in [3.8, 4) is 10.6 Å². The van der Waals surface area contributed by atoms with Gasteiger partial charge in [0.1, 0.15) is 5.01 Å². The Kier molecular flexibility index (Phi) is 4.59. The summed E-state index contributed by atoms with van der Waals surface area (Å²) in [5.74, 6) is 0.250. The second-order valence-electron chi connectivity index (χ2n) is 6.77. The van der Waals surface area contributed by atoms with Gasteiger partial charge in [0.05, 0.1) is 17.1 Å². The first kappa shape index (κ1) is 16.1. The summed E-state index contributed by atoms with van der Waals surface area (Å²) in [6, 6.07) is 8.68. The van der Waals surface area contributed by atoms with E-state index >= 15 is 0 Å². The van der Waals surface area contributed by atoms with E-state index in [0.29, 0.717) is 23.5 Å². The molecule has 24 heavy (non-hydrogen) atoms. The van der Waals surface area contributed by atoms with Crippen LogP contribution in [-0.2, 0) is 11.2 Å². The molecule has 0 atom stereocenters. The largest absolute Gasteiger partial charge is 0.336 e. The molecule has 0 spiro atoms. The van der Waals surface area contributed by atoms with E-state index in [4.69, 9.17) is 11.6 Å². The zero-order valence-corrected chi connectivity index (χ0v) is 15.2. The Bertz CT molecular complexity index is 734. The molecule has 1 aromatic carbocycles. The van der Waals surface area contributed by atoms with E-state index in [0.717, 1.165) is 16.3 Å². The highest BCUT2D eigenvalue weighted by molar-refractivity contribution is 7.13. The first-order chi connectivity index (χ1) is 11.7. The molecule has 3 nitrogen and oxygen atoms in total. The van der Waals surface area contributed by atoms with Gasteiger partial charge in [-0.3, -0.25) is 4.79 Å². The van der Waals surface area contributed by atoms with Crippen LogP contribution in [0.15, 0.2) is 29.6 Å². The highest BCUT2D eigenvalue weighted by Crippen LogP contribution is 2.35. The van der Waals surface area contributed by atoms with Crippen molar-refractivity contribution in [1.82, 2.24) is 9.88 Å². The molecule has 126 valence electrons. The summed E-state index contributed by atoms with van der Waals surface area (Å²) < 4.78 is 0. The van der Waals surface area contributed by atoms with E-state index in [-0.39, 0.29) is 5.91 Å². The third-order valence-corrected chi connectivity index (χ3v) is 6.19. The second kappa shape index (κ2) is 6.85. The lowest BCUT2D eigenvalue weighted by Crippen LogP contribution is -2.41. The molecule has 0 saturated heterocycles. The molecule has 0 N–H and O–H groups in total. The summed E-state index contributed by atoms with van der Waals surface area (Å²) in [7, 11) is 0. The Morgan fingerprint density at radius 2 is 1.88 bits per heavy atom. The molecular weight excluding hydrogens is 340 g/mol. The third-order valence-electron chi connectivity index (χ3n) is 4.93. The number of hydrogen-bond donors (Lipinski definition) is 0. The standard InChI is InChI=1S/C19H21ClN2OS/c20-17-8-4-3-7-16(17)19-21-13(12-24-19)11-18(23)22(15-9-10-15)14-5-1-2-6-14/h3-4,7-8,12,14-15H,1-2,5-6,9-11H2. The third kappa shape index (κ3) is 3.35. The van der Waals surface area contributed by atoms with Crippen molar-refractivity contribution in [2.75, 3.05) is 0 Å². The lowest BCUT2D eigenvalue weighted by molar-refractivity contribution is -0.133. The molecule has 4 rings (SSSR count). The van der Waals surface area contributed by atoms with Crippen LogP contribution in [-0.4, -0.2) is 27.9 Å². The maximum absolute atomic E-state index is 12.9. The van der Waals surface area contributed by atoms with Crippen LogP contribution in [0, 0.1) is 0 Å². The van der Waals surface area contributed by atoms with Crippen molar-refractivity contribution in [1.29, 1.82) is 0 Å². The monoisotopic (exact) mass is 360 g/mol. The predicted molar refractivity (Wildman–Crippen MR) is 98.4 cm³/mol. The molecule has 1 heterocycles. The number of benzene rings is 1. The van der Waals surface area contributed by atoms with Crippen LogP contribution >= 0.6 is 22.9 Å². The quantitative estimate of drug-likeness (QED) is 0.756. The van der Waals surface area contributed by atoms with Crippen LogP contribution in [0.5, 0.6) is 0 Å². The molecule has 0 radical (unpaired) electrons. The Hall–Kier alpha value is -1.39. The van der Waals surface area contributed by atoms with Crippen LogP contribution in [0.4, 0.5) is 0 Å². The first-order valence-electron chi connectivity index (χ1n) is 8.73. The zero-order valence-electron chi connectivity index (χ0n) is 13.6. The molecule has 2 aliphatic rings. The minimum Gasteiger partial charge on any atom is -0.336 e. The Morgan fingerprint density at radius 3 is 2.58 bits per heavy atom. The van der Waals surface area contributed by atoms with E-state index in [9.17, 15) is 4.79 Å². The molecule has 2 fully saturated rings. The normalized spacial score (nSPS) is 18.0. The highest BCUT2D eigenvalue weighted by Gasteiger charge is 2.38. The number of halogens is 1. The van der Waals surface area contributed by atoms with Gasteiger partial charge in [0.2, 0.25) is 5.91 Å². The van der Waals surface area contributed by atoms with Gasteiger partial charge in [-0.05, 0) is 31.7 Å². The Labute approximate surface area is 151 Å². The molecule has 0 bridgehead atoms. The zero-order chi connectivity index (χ0) is 16.5. The summed E-state index contributed by atoms with van der Waals surface area (Å²) in [6.45, 7) is 0. The molecule has 2 aliphatic carbocycles. The lowest BCUT2D eigenvalue weighted by Gasteiger charge is -2.29. The summed E-state index contributed by atoms with van der Waals surface area (Å²) in [4.78, 5) is 19.7. The first-order valence-corrected chi connectivity index (χ1v) is 9.98. The number of amides is 1. The van der Waals surface area contributed by atoms with Crippen molar-refractivity contribution < 1.29 is 4.79 Å². The maximum Gasteiger partial charge on any atom is 0.229 e. The van der Waals surface area contributed by atoms with E-state index in [2.05, 4.69) is 9.88 Å². The topological polar surface area (TPSA) is 33.2 Å². The van der Waals surface area contributed by atoms with Gasteiger partial charge in [-0.25, -0.2) is 4.98 Å². The summed E-state index contributed by atoms with van der Waals surface area (Å²) in [6.07, 6.45) is 7.61. The number of thiazole rings is 1. The SMILES string of the molecule is O=C(Cc1csc(-c2ccccc2Cl)n1)N(C1CCCC1)C1CC1.